The van der Waals surface area contributed by atoms with E-state index in [2.05, 4.69) is 0 Å². The Kier molecular flexibility index (Phi) is 5.51. The maximum absolute atomic E-state index is 13.2. The highest BCUT2D eigenvalue weighted by molar-refractivity contribution is 5.95. The third-order valence-electron chi connectivity index (χ3n) is 5.15. The van der Waals surface area contributed by atoms with Crippen molar-refractivity contribution in [3.63, 3.8) is 0 Å². The monoisotopic (exact) mass is 331 g/mol. The molecule has 1 heterocycles. The Morgan fingerprint density at radius 1 is 1.04 bits per heavy atom. The summed E-state index contributed by atoms with van der Waals surface area (Å²) in [7, 11) is 1.43. The summed E-state index contributed by atoms with van der Waals surface area (Å²) in [5.74, 6) is -0.0595. The molecule has 5 heteroatoms. The zero-order valence-electron chi connectivity index (χ0n) is 14.1. The molecule has 1 aromatic rings. The van der Waals surface area contributed by atoms with E-state index < -0.39 is 0 Å². The largest absolute Gasteiger partial charge is 0.469 e. The second kappa shape index (κ2) is 7.79. The molecule has 1 saturated heterocycles. The van der Waals surface area contributed by atoms with Gasteiger partial charge in [-0.05, 0) is 44.2 Å². The Morgan fingerprint density at radius 3 is 2.29 bits per heavy atom. The van der Waals surface area contributed by atoms with E-state index in [1.54, 1.807) is 0 Å². The van der Waals surface area contributed by atoms with Crippen LogP contribution in [0.5, 0.6) is 0 Å². The Bertz CT molecular complexity index is 560. The van der Waals surface area contributed by atoms with E-state index in [9.17, 15) is 9.59 Å². The van der Waals surface area contributed by atoms with Crippen molar-refractivity contribution >= 4 is 17.6 Å². The van der Waals surface area contributed by atoms with Crippen molar-refractivity contribution in [2.45, 2.75) is 38.1 Å². The summed E-state index contributed by atoms with van der Waals surface area (Å²) in [5, 5.41) is 0. The molecule has 24 heavy (non-hydrogen) atoms. The Labute approximate surface area is 142 Å². The van der Waals surface area contributed by atoms with Gasteiger partial charge in [0.1, 0.15) is 0 Å². The number of para-hydroxylation sites is 1. The van der Waals surface area contributed by atoms with E-state index >= 15 is 0 Å². The van der Waals surface area contributed by atoms with Gasteiger partial charge in [0.05, 0.1) is 25.7 Å². The minimum Gasteiger partial charge on any atom is -0.469 e. The van der Waals surface area contributed by atoms with E-state index in [1.165, 1.54) is 7.11 Å². The predicted octanol–water partition coefficient (Wildman–Crippen LogP) is 2.79. The van der Waals surface area contributed by atoms with Gasteiger partial charge in [-0.15, -0.1) is 0 Å². The van der Waals surface area contributed by atoms with Gasteiger partial charge >= 0.3 is 5.97 Å². The summed E-state index contributed by atoms with van der Waals surface area (Å²) < 4.78 is 10.3. The number of carbonyl (C=O) groups is 2. The lowest BCUT2D eigenvalue weighted by molar-refractivity contribution is -0.147. The molecule has 2 fully saturated rings. The van der Waals surface area contributed by atoms with E-state index in [0.29, 0.717) is 13.2 Å². The van der Waals surface area contributed by atoms with Crippen LogP contribution in [0.3, 0.4) is 0 Å². The molecule has 1 aromatic carbocycles. The molecule has 0 N–H and O–H groups in total. The van der Waals surface area contributed by atoms with Crippen LogP contribution < -0.4 is 4.90 Å². The maximum Gasteiger partial charge on any atom is 0.308 e. The van der Waals surface area contributed by atoms with E-state index in [-0.39, 0.29) is 29.8 Å². The van der Waals surface area contributed by atoms with Gasteiger partial charge in [-0.3, -0.25) is 9.59 Å². The number of hydrogen-bond acceptors (Lipinski definition) is 4. The molecule has 0 spiro atoms. The number of amides is 1. The van der Waals surface area contributed by atoms with Gasteiger partial charge in [0.25, 0.3) is 0 Å². The maximum atomic E-state index is 13.2. The molecule has 130 valence electrons. The summed E-state index contributed by atoms with van der Waals surface area (Å²) in [5.41, 5.74) is 0.938. The van der Waals surface area contributed by atoms with Gasteiger partial charge in [-0.2, -0.15) is 0 Å². The zero-order valence-corrected chi connectivity index (χ0v) is 14.1. The fourth-order valence-corrected chi connectivity index (χ4v) is 3.77. The highest BCUT2D eigenvalue weighted by Crippen LogP contribution is 2.33. The highest BCUT2D eigenvalue weighted by Gasteiger charge is 2.36. The van der Waals surface area contributed by atoms with Crippen LogP contribution in [0.15, 0.2) is 30.3 Å². The van der Waals surface area contributed by atoms with Crippen LogP contribution in [0.25, 0.3) is 0 Å². The Hall–Kier alpha value is -1.88. The SMILES string of the molecule is COC(=O)C1CCC(C(=O)N(c2ccccc2)[C@H]2CCOC2)CC1. The van der Waals surface area contributed by atoms with Crippen molar-refractivity contribution in [1.29, 1.82) is 0 Å². The third-order valence-corrected chi connectivity index (χ3v) is 5.15. The van der Waals surface area contributed by atoms with Crippen LogP contribution in [0.4, 0.5) is 5.69 Å². The van der Waals surface area contributed by atoms with Crippen LogP contribution in [-0.2, 0) is 19.1 Å². The lowest BCUT2D eigenvalue weighted by Crippen LogP contribution is -2.45. The first-order valence-electron chi connectivity index (χ1n) is 8.74. The van der Waals surface area contributed by atoms with Crippen LogP contribution >= 0.6 is 0 Å². The molecule has 1 aliphatic carbocycles. The van der Waals surface area contributed by atoms with Crippen molar-refractivity contribution in [3.05, 3.63) is 30.3 Å². The van der Waals surface area contributed by atoms with Crippen molar-refractivity contribution in [2.24, 2.45) is 11.8 Å². The number of esters is 1. The summed E-state index contributed by atoms with van der Waals surface area (Å²) in [6.45, 7) is 1.30. The molecule has 1 amide bonds. The van der Waals surface area contributed by atoms with E-state index in [0.717, 1.165) is 37.8 Å². The average molecular weight is 331 g/mol. The van der Waals surface area contributed by atoms with Crippen LogP contribution in [-0.4, -0.2) is 38.2 Å². The fourth-order valence-electron chi connectivity index (χ4n) is 3.77. The second-order valence-electron chi connectivity index (χ2n) is 6.63. The van der Waals surface area contributed by atoms with Gasteiger partial charge in [-0.25, -0.2) is 0 Å². The molecule has 0 aromatic heterocycles. The Morgan fingerprint density at radius 2 is 1.71 bits per heavy atom. The standard InChI is InChI=1S/C19H25NO4/c1-23-19(22)15-9-7-14(8-10-15)18(21)20(17-11-12-24-13-17)16-5-3-2-4-6-16/h2-6,14-15,17H,7-13H2,1H3/t14?,15?,17-/m0/s1. The minimum atomic E-state index is -0.148. The molecule has 0 bridgehead atoms. The number of rotatable bonds is 4. The summed E-state index contributed by atoms with van der Waals surface area (Å²) in [6, 6.07) is 9.95. The van der Waals surface area contributed by atoms with Crippen LogP contribution in [0.2, 0.25) is 0 Å². The van der Waals surface area contributed by atoms with Gasteiger partial charge in [-0.1, -0.05) is 18.2 Å². The molecule has 3 rings (SSSR count). The van der Waals surface area contributed by atoms with Crippen molar-refractivity contribution < 1.29 is 19.1 Å². The van der Waals surface area contributed by atoms with Gasteiger partial charge in [0.2, 0.25) is 5.91 Å². The molecular weight excluding hydrogens is 306 g/mol. The van der Waals surface area contributed by atoms with Crippen molar-refractivity contribution in [3.8, 4) is 0 Å². The highest BCUT2D eigenvalue weighted by atomic mass is 16.5. The van der Waals surface area contributed by atoms with Gasteiger partial charge in [0, 0.05) is 18.2 Å². The number of nitrogens with zero attached hydrogens (tertiary/aromatic N) is 1. The molecule has 1 saturated carbocycles. The molecule has 0 radical (unpaired) electrons. The zero-order chi connectivity index (χ0) is 16.9. The number of anilines is 1. The first-order chi connectivity index (χ1) is 11.7. The molecule has 0 unspecified atom stereocenters. The van der Waals surface area contributed by atoms with Crippen molar-refractivity contribution in [2.75, 3.05) is 25.2 Å². The first-order valence-corrected chi connectivity index (χ1v) is 8.74. The van der Waals surface area contributed by atoms with Gasteiger partial charge < -0.3 is 14.4 Å². The van der Waals surface area contributed by atoms with Crippen LogP contribution in [0, 0.1) is 11.8 Å². The summed E-state index contributed by atoms with van der Waals surface area (Å²) in [4.78, 5) is 26.8. The predicted molar refractivity (Wildman–Crippen MR) is 90.6 cm³/mol. The van der Waals surface area contributed by atoms with Crippen LogP contribution in [0.1, 0.15) is 32.1 Å². The quantitative estimate of drug-likeness (QED) is 0.796. The third kappa shape index (κ3) is 3.61. The second-order valence-corrected chi connectivity index (χ2v) is 6.63. The lowest BCUT2D eigenvalue weighted by atomic mass is 9.81. The van der Waals surface area contributed by atoms with Crippen molar-refractivity contribution in [1.82, 2.24) is 0 Å². The number of carbonyl (C=O) groups excluding carboxylic acids is 2. The smallest absolute Gasteiger partial charge is 0.308 e. The molecule has 5 nitrogen and oxygen atoms in total. The molecule has 1 atom stereocenters. The topological polar surface area (TPSA) is 55.8 Å². The normalized spacial score (nSPS) is 26.8. The number of methoxy groups -OCH3 is 1. The number of ether oxygens (including phenoxy) is 2. The Balaban J connectivity index is 1.71. The minimum absolute atomic E-state index is 0.0216. The molecular formula is C19H25NO4. The summed E-state index contributed by atoms with van der Waals surface area (Å²) >= 11 is 0. The number of hydrogen-bond donors (Lipinski definition) is 0. The van der Waals surface area contributed by atoms with E-state index in [1.807, 2.05) is 35.2 Å². The van der Waals surface area contributed by atoms with E-state index in [4.69, 9.17) is 9.47 Å². The molecule has 1 aliphatic heterocycles. The first kappa shape index (κ1) is 17.0. The fraction of sp³-hybridized carbons (Fsp3) is 0.579. The number of benzene rings is 1. The molecule has 2 aliphatic rings. The summed E-state index contributed by atoms with van der Waals surface area (Å²) in [6.07, 6.45) is 3.82. The van der Waals surface area contributed by atoms with Gasteiger partial charge in [0.15, 0.2) is 0 Å². The average Bonchev–Trinajstić information content (AvgIpc) is 3.16. The lowest BCUT2D eigenvalue weighted by Gasteiger charge is -2.34.